The second-order valence-electron chi connectivity index (χ2n) is 18.9. The van der Waals surface area contributed by atoms with E-state index < -0.39 is 13.9 Å². The fourth-order valence-corrected chi connectivity index (χ4v) is 8.11. The molecule has 0 saturated heterocycles. The SMILES string of the molecule is CC/C=C\C/C=C\C/C=C\C/C=C\CCCCC(=O)OC(COCCCCCCCCCCCCCCCCCCCCCCCCCCCC)COP(=O)(O)OCC[N+](C)(C)C. The van der Waals surface area contributed by atoms with E-state index >= 15 is 0 Å². The highest BCUT2D eigenvalue weighted by molar-refractivity contribution is 7.47. The Balaban J connectivity index is 4.06. The molecule has 0 aliphatic heterocycles. The summed E-state index contributed by atoms with van der Waals surface area (Å²) in [7, 11) is 1.64. The van der Waals surface area contributed by atoms with Gasteiger partial charge in [0.1, 0.15) is 19.3 Å². The first-order chi connectivity index (χ1) is 30.6. The first kappa shape index (κ1) is 61.5. The average Bonchev–Trinajstić information content (AvgIpc) is 3.24. The fraction of sp³-hybridized carbons (Fsp3) is 0.833. The van der Waals surface area contributed by atoms with Crippen LogP contribution in [0.1, 0.15) is 232 Å². The van der Waals surface area contributed by atoms with Gasteiger partial charge in [-0.25, -0.2) is 4.57 Å². The monoisotopic (exact) mass is 909 g/mol. The molecule has 0 spiro atoms. The van der Waals surface area contributed by atoms with Crippen LogP contribution in [0.15, 0.2) is 48.6 Å². The molecule has 2 atom stereocenters. The van der Waals surface area contributed by atoms with Crippen LogP contribution in [-0.2, 0) is 27.9 Å². The van der Waals surface area contributed by atoms with Crippen molar-refractivity contribution in [2.45, 2.75) is 238 Å². The summed E-state index contributed by atoms with van der Waals surface area (Å²) in [6.45, 7) is 5.48. The van der Waals surface area contributed by atoms with E-state index in [1.54, 1.807) is 0 Å². The Morgan fingerprint density at radius 3 is 1.35 bits per heavy atom. The molecule has 0 bridgehead atoms. The highest BCUT2D eigenvalue weighted by Crippen LogP contribution is 2.43. The van der Waals surface area contributed by atoms with E-state index in [1.807, 2.05) is 21.1 Å². The van der Waals surface area contributed by atoms with Crippen LogP contribution in [0.5, 0.6) is 0 Å². The lowest BCUT2D eigenvalue weighted by atomic mass is 10.0. The van der Waals surface area contributed by atoms with E-state index in [-0.39, 0.29) is 32.2 Å². The molecular weight excluding hydrogens is 806 g/mol. The van der Waals surface area contributed by atoms with Crippen molar-refractivity contribution in [2.75, 3.05) is 54.1 Å². The largest absolute Gasteiger partial charge is 0.472 e. The zero-order valence-corrected chi connectivity index (χ0v) is 43.0. The topological polar surface area (TPSA) is 91.3 Å². The molecule has 1 N–H and O–H groups in total. The standard InChI is InChI=1S/C54H102NO7P/c1-6-8-10-12-14-16-18-20-22-23-24-25-26-27-28-29-30-31-32-34-36-38-40-42-44-46-49-59-51-53(52-61-63(57,58)60-50-48-55(3,4)5)62-54(56)47-45-43-41-39-37-35-33-21-19-17-15-13-11-9-7-2/h9,11,15,17,21,33,37,39,53H,6-8,10,12-14,16,18-20,22-32,34-36,38,40-52H2,1-5H3/p+1/b11-9-,17-15-,33-21-,39-37-. The van der Waals surface area contributed by atoms with Crippen molar-refractivity contribution >= 4 is 13.8 Å². The number of phosphoric acid groups is 1. The van der Waals surface area contributed by atoms with E-state index in [2.05, 4.69) is 62.5 Å². The first-order valence-corrected chi connectivity index (χ1v) is 27.9. The minimum absolute atomic E-state index is 0.0805. The Bertz CT molecular complexity index is 1150. The third kappa shape index (κ3) is 51.3. The Labute approximate surface area is 390 Å². The van der Waals surface area contributed by atoms with Crippen LogP contribution in [0.2, 0.25) is 0 Å². The Kier molecular flexibility index (Phi) is 45.8. The van der Waals surface area contributed by atoms with Crippen molar-refractivity contribution in [1.82, 2.24) is 0 Å². The van der Waals surface area contributed by atoms with Crippen LogP contribution >= 0.6 is 7.82 Å². The zero-order valence-electron chi connectivity index (χ0n) is 42.1. The molecule has 8 nitrogen and oxygen atoms in total. The number of unbranched alkanes of at least 4 members (excludes halogenated alkanes) is 27. The summed E-state index contributed by atoms with van der Waals surface area (Å²) in [5.41, 5.74) is 0. The number of likely N-dealkylation sites (N-methyl/N-ethyl adjacent to an activating group) is 1. The zero-order chi connectivity index (χ0) is 46.2. The van der Waals surface area contributed by atoms with E-state index in [0.717, 1.165) is 51.4 Å². The second kappa shape index (κ2) is 47.0. The van der Waals surface area contributed by atoms with Crippen LogP contribution in [0.4, 0.5) is 0 Å². The van der Waals surface area contributed by atoms with Crippen molar-refractivity contribution in [3.8, 4) is 0 Å². The molecule has 63 heavy (non-hydrogen) atoms. The molecule has 0 radical (unpaired) electrons. The predicted octanol–water partition coefficient (Wildman–Crippen LogP) is 16.3. The number of hydrogen-bond donors (Lipinski definition) is 1. The van der Waals surface area contributed by atoms with Crippen molar-refractivity contribution in [3.63, 3.8) is 0 Å². The summed E-state index contributed by atoms with van der Waals surface area (Å²) < 4.78 is 35.1. The molecule has 0 aromatic rings. The van der Waals surface area contributed by atoms with Crippen molar-refractivity contribution < 1.29 is 37.3 Å². The number of nitrogens with zero attached hydrogens (tertiary/aromatic N) is 1. The molecule has 2 unspecified atom stereocenters. The molecule has 0 fully saturated rings. The predicted molar refractivity (Wildman–Crippen MR) is 270 cm³/mol. The maximum absolute atomic E-state index is 12.7. The quantitative estimate of drug-likeness (QED) is 0.0214. The van der Waals surface area contributed by atoms with Gasteiger partial charge in [0.05, 0.1) is 34.4 Å². The summed E-state index contributed by atoms with van der Waals surface area (Å²) in [5.74, 6) is -0.351. The Morgan fingerprint density at radius 1 is 0.508 bits per heavy atom. The third-order valence-corrected chi connectivity index (χ3v) is 12.4. The van der Waals surface area contributed by atoms with E-state index in [9.17, 15) is 14.3 Å². The summed E-state index contributed by atoms with van der Waals surface area (Å²) in [6, 6.07) is 0. The normalized spacial score (nSPS) is 13.9. The highest BCUT2D eigenvalue weighted by Gasteiger charge is 2.26. The number of hydrogen-bond acceptors (Lipinski definition) is 6. The van der Waals surface area contributed by atoms with Gasteiger partial charge in [-0.3, -0.25) is 13.8 Å². The number of esters is 1. The van der Waals surface area contributed by atoms with Crippen LogP contribution < -0.4 is 0 Å². The molecule has 0 rings (SSSR count). The summed E-state index contributed by atoms with van der Waals surface area (Å²) >= 11 is 0. The second-order valence-corrected chi connectivity index (χ2v) is 20.3. The summed E-state index contributed by atoms with van der Waals surface area (Å²) in [6.07, 6.45) is 59.0. The van der Waals surface area contributed by atoms with Crippen LogP contribution in [0.25, 0.3) is 0 Å². The minimum atomic E-state index is -4.29. The molecule has 370 valence electrons. The van der Waals surface area contributed by atoms with Gasteiger partial charge in [-0.05, 0) is 51.4 Å². The van der Waals surface area contributed by atoms with Gasteiger partial charge in [0, 0.05) is 13.0 Å². The molecular formula is C54H103NO7P+. The summed E-state index contributed by atoms with van der Waals surface area (Å²) in [5, 5.41) is 0. The fourth-order valence-electron chi connectivity index (χ4n) is 7.37. The van der Waals surface area contributed by atoms with E-state index in [0.29, 0.717) is 24.1 Å². The van der Waals surface area contributed by atoms with Gasteiger partial charge in [0.15, 0.2) is 0 Å². The van der Waals surface area contributed by atoms with Crippen molar-refractivity contribution in [2.24, 2.45) is 0 Å². The first-order valence-electron chi connectivity index (χ1n) is 26.4. The lowest BCUT2D eigenvalue weighted by Gasteiger charge is -2.24. The highest BCUT2D eigenvalue weighted by atomic mass is 31.2. The molecule has 0 aromatic carbocycles. The van der Waals surface area contributed by atoms with Gasteiger partial charge in [0.25, 0.3) is 0 Å². The number of allylic oxidation sites excluding steroid dienone is 8. The van der Waals surface area contributed by atoms with Gasteiger partial charge >= 0.3 is 13.8 Å². The Morgan fingerprint density at radius 2 is 0.921 bits per heavy atom. The molecule has 0 aromatic heterocycles. The van der Waals surface area contributed by atoms with Crippen LogP contribution in [0, 0.1) is 0 Å². The molecule has 9 heteroatoms. The maximum atomic E-state index is 12.7. The van der Waals surface area contributed by atoms with Gasteiger partial charge in [0.2, 0.25) is 0 Å². The molecule has 0 aliphatic carbocycles. The van der Waals surface area contributed by atoms with Gasteiger partial charge in [-0.15, -0.1) is 0 Å². The summed E-state index contributed by atoms with van der Waals surface area (Å²) in [4.78, 5) is 22.9. The van der Waals surface area contributed by atoms with Crippen LogP contribution in [-0.4, -0.2) is 75.6 Å². The lowest BCUT2D eigenvalue weighted by molar-refractivity contribution is -0.870. The number of carbonyl (C=O) groups is 1. The molecule has 0 saturated carbocycles. The number of ether oxygens (including phenoxy) is 2. The van der Waals surface area contributed by atoms with Gasteiger partial charge in [-0.1, -0.05) is 223 Å². The lowest BCUT2D eigenvalue weighted by Crippen LogP contribution is -2.37. The molecule has 0 amide bonds. The molecule has 0 aliphatic rings. The number of rotatable bonds is 49. The Hall–Kier alpha value is -1.54. The van der Waals surface area contributed by atoms with E-state index in [4.69, 9.17) is 18.5 Å². The third-order valence-electron chi connectivity index (χ3n) is 11.4. The van der Waals surface area contributed by atoms with Crippen molar-refractivity contribution in [1.29, 1.82) is 0 Å². The molecule has 0 heterocycles. The van der Waals surface area contributed by atoms with Gasteiger partial charge in [-0.2, -0.15) is 0 Å². The number of carbonyl (C=O) groups excluding carboxylic acids is 1. The number of phosphoric ester groups is 1. The van der Waals surface area contributed by atoms with Crippen LogP contribution in [0.3, 0.4) is 0 Å². The van der Waals surface area contributed by atoms with Crippen molar-refractivity contribution in [3.05, 3.63) is 48.6 Å². The number of quaternary nitrogens is 1. The minimum Gasteiger partial charge on any atom is -0.457 e. The average molecular weight is 909 g/mol. The smallest absolute Gasteiger partial charge is 0.457 e. The maximum Gasteiger partial charge on any atom is 0.472 e. The van der Waals surface area contributed by atoms with Gasteiger partial charge < -0.3 is 18.9 Å². The van der Waals surface area contributed by atoms with E-state index in [1.165, 1.54) is 154 Å².